The van der Waals surface area contributed by atoms with E-state index in [0.717, 1.165) is 24.3 Å². The normalized spacial score (nSPS) is 24.9. The van der Waals surface area contributed by atoms with Crippen molar-refractivity contribution >= 4 is 55.4 Å². The zero-order chi connectivity index (χ0) is 26.2. The van der Waals surface area contributed by atoms with Gasteiger partial charge in [-0.2, -0.15) is 0 Å². The Kier molecular flexibility index (Phi) is 4.11. The number of fused-ring (bicyclic) bond motifs is 12. The molecule has 2 saturated heterocycles. The minimum atomic E-state index is -1.22. The predicted molar refractivity (Wildman–Crippen MR) is 125 cm³/mol. The lowest BCUT2D eigenvalue weighted by molar-refractivity contribution is -0.146. The van der Waals surface area contributed by atoms with E-state index in [0.29, 0.717) is 6.42 Å². The zero-order valence-corrected chi connectivity index (χ0v) is 19.1. The molecule has 5 aromatic rings. The summed E-state index contributed by atoms with van der Waals surface area (Å²) in [5, 5.41) is 13.8. The summed E-state index contributed by atoms with van der Waals surface area (Å²) in [4.78, 5) is 29.1. The van der Waals surface area contributed by atoms with Crippen LogP contribution in [0, 0.1) is 23.3 Å². The Balaban J connectivity index is 1.64. The van der Waals surface area contributed by atoms with Gasteiger partial charge in [0.1, 0.15) is 6.10 Å². The molecule has 0 aliphatic carbocycles. The molecule has 3 aromatic carbocycles. The van der Waals surface area contributed by atoms with Crippen LogP contribution in [0.4, 0.5) is 17.6 Å². The lowest BCUT2D eigenvalue weighted by Crippen LogP contribution is -2.41. The molecule has 0 spiro atoms. The first-order chi connectivity index (χ1) is 18.2. The number of nitrogens with one attached hydrogen (secondary N) is 2. The third-order valence-corrected chi connectivity index (χ3v) is 7.80. The monoisotopic (exact) mass is 525 g/mol. The lowest BCUT2D eigenvalue weighted by atomic mass is 9.96. The first-order valence-electron chi connectivity index (χ1n) is 11.8. The van der Waals surface area contributed by atoms with Gasteiger partial charge in [-0.05, 0) is 12.1 Å². The number of hydrogen-bond acceptors (Lipinski definition) is 5. The van der Waals surface area contributed by atoms with Gasteiger partial charge in [-0.15, -0.1) is 0 Å². The fraction of sp³-hybridized carbons (Fsp3) is 0.231. The maximum Gasteiger partial charge on any atom is 0.259 e. The van der Waals surface area contributed by atoms with Crippen LogP contribution < -0.4 is 5.32 Å². The molecule has 5 heterocycles. The number of ether oxygens (including phenoxy) is 2. The van der Waals surface area contributed by atoms with E-state index in [1.54, 1.807) is 0 Å². The van der Waals surface area contributed by atoms with Crippen LogP contribution in [0.3, 0.4) is 0 Å². The first-order valence-corrected chi connectivity index (χ1v) is 11.8. The van der Waals surface area contributed by atoms with E-state index < -0.39 is 53.5 Å². The molecule has 4 unspecified atom stereocenters. The van der Waals surface area contributed by atoms with Crippen molar-refractivity contribution in [2.75, 3.05) is 6.61 Å². The van der Waals surface area contributed by atoms with E-state index in [9.17, 15) is 32.3 Å². The largest absolute Gasteiger partial charge is 0.386 e. The van der Waals surface area contributed by atoms with Crippen molar-refractivity contribution < 1.29 is 41.7 Å². The molecule has 3 N–H and O–H groups in total. The van der Waals surface area contributed by atoms with Gasteiger partial charge >= 0.3 is 0 Å². The number of H-pyrrole nitrogens is 1. The van der Waals surface area contributed by atoms with Crippen molar-refractivity contribution in [1.82, 2.24) is 14.9 Å². The van der Waals surface area contributed by atoms with Gasteiger partial charge in [0.15, 0.2) is 29.5 Å². The highest BCUT2D eigenvalue weighted by molar-refractivity contribution is 6.39. The molecule has 38 heavy (non-hydrogen) atoms. The summed E-state index contributed by atoms with van der Waals surface area (Å²) < 4.78 is 70.9. The van der Waals surface area contributed by atoms with Crippen molar-refractivity contribution in [2.24, 2.45) is 0 Å². The number of rotatable bonds is 1. The van der Waals surface area contributed by atoms with Gasteiger partial charge in [-0.1, -0.05) is 0 Å². The van der Waals surface area contributed by atoms with Crippen LogP contribution in [-0.4, -0.2) is 51.4 Å². The van der Waals surface area contributed by atoms with Gasteiger partial charge in [0.05, 0.1) is 46.5 Å². The van der Waals surface area contributed by atoms with Crippen molar-refractivity contribution in [1.29, 1.82) is 0 Å². The molecular formula is C26H15F4N3O5. The standard InChI is InChI=1S/C26H15F4N3O5/c27-10-2-8-14(4-12(10)29)31-21-17(8)19-20(25(36)32-24(19)35)18-9-3-11(28)13(30)5-15(9)33(22(18)21)26-23(34)16-1-7(38-26)6-37-16/h2-5,7,16,23,26,31,34H,1,6H2,(H,32,35,36). The average Bonchev–Trinajstić information content (AvgIpc) is 3.60. The second kappa shape index (κ2) is 7.10. The topological polar surface area (TPSA) is 106 Å². The van der Waals surface area contributed by atoms with E-state index in [1.165, 1.54) is 4.57 Å². The van der Waals surface area contributed by atoms with Crippen molar-refractivity contribution in [3.05, 3.63) is 58.7 Å². The van der Waals surface area contributed by atoms with Crippen LogP contribution in [0.2, 0.25) is 0 Å². The minimum Gasteiger partial charge on any atom is -0.386 e. The number of benzene rings is 3. The first kappa shape index (κ1) is 22.0. The minimum absolute atomic E-state index is 0.0853. The number of imide groups is 1. The molecule has 192 valence electrons. The van der Waals surface area contributed by atoms with Crippen LogP contribution in [-0.2, 0) is 9.47 Å². The Morgan fingerprint density at radius 2 is 1.55 bits per heavy atom. The molecule has 12 heteroatoms. The number of nitrogens with zero attached hydrogens (tertiary/aromatic N) is 1. The number of carbonyl (C=O) groups is 2. The van der Waals surface area contributed by atoms with E-state index in [2.05, 4.69) is 10.3 Å². The number of amides is 2. The number of aromatic nitrogens is 2. The van der Waals surface area contributed by atoms with Gasteiger partial charge in [0.2, 0.25) is 0 Å². The summed E-state index contributed by atoms with van der Waals surface area (Å²) >= 11 is 0. The van der Waals surface area contributed by atoms with Gasteiger partial charge in [-0.3, -0.25) is 14.9 Å². The van der Waals surface area contributed by atoms with E-state index in [4.69, 9.17) is 9.47 Å². The second-order valence-electron chi connectivity index (χ2n) is 9.84. The maximum atomic E-state index is 14.6. The summed E-state index contributed by atoms with van der Waals surface area (Å²) in [5.41, 5.74) is 0.334. The van der Waals surface area contributed by atoms with Crippen LogP contribution in [0.25, 0.3) is 43.6 Å². The van der Waals surface area contributed by atoms with E-state index in [-0.39, 0.29) is 67.4 Å². The van der Waals surface area contributed by atoms with Crippen molar-refractivity contribution in [3.63, 3.8) is 0 Å². The smallest absolute Gasteiger partial charge is 0.259 e. The Morgan fingerprint density at radius 3 is 2.32 bits per heavy atom. The number of aromatic amines is 1. The summed E-state index contributed by atoms with van der Waals surface area (Å²) in [6.45, 7) is 0.227. The van der Waals surface area contributed by atoms with Crippen LogP contribution >= 0.6 is 0 Å². The molecule has 3 aliphatic heterocycles. The Morgan fingerprint density at radius 1 is 0.895 bits per heavy atom. The average molecular weight is 525 g/mol. The third kappa shape index (κ3) is 2.59. The number of aliphatic hydroxyl groups excluding tert-OH is 1. The number of halogens is 4. The molecule has 2 bridgehead atoms. The molecular weight excluding hydrogens is 510 g/mol. The highest BCUT2D eigenvalue weighted by Gasteiger charge is 2.46. The van der Waals surface area contributed by atoms with Crippen molar-refractivity contribution in [2.45, 2.75) is 31.0 Å². The SMILES string of the molecule is O=C1NC(=O)c2c1c1c3cc(F)c(F)cc3[nH]c1c1c2c2cc(F)c(F)cc2n1C1OC2COC(C2)C1O. The van der Waals surface area contributed by atoms with E-state index in [1.807, 2.05) is 0 Å². The molecule has 2 amide bonds. The molecule has 0 radical (unpaired) electrons. The van der Waals surface area contributed by atoms with Gasteiger partial charge < -0.3 is 24.1 Å². The van der Waals surface area contributed by atoms with Crippen LogP contribution in [0.5, 0.6) is 0 Å². The molecule has 4 atom stereocenters. The third-order valence-electron chi connectivity index (χ3n) is 7.80. The summed E-state index contributed by atoms with van der Waals surface area (Å²) in [7, 11) is 0. The fourth-order valence-corrected chi connectivity index (χ4v) is 6.26. The van der Waals surface area contributed by atoms with Gasteiger partial charge in [0.25, 0.3) is 11.8 Å². The second-order valence-corrected chi connectivity index (χ2v) is 9.84. The van der Waals surface area contributed by atoms with Crippen molar-refractivity contribution in [3.8, 4) is 0 Å². The molecule has 2 aromatic heterocycles. The number of aliphatic hydroxyl groups is 1. The van der Waals surface area contributed by atoms with Gasteiger partial charge in [0, 0.05) is 45.6 Å². The molecule has 3 aliphatic rings. The fourth-order valence-electron chi connectivity index (χ4n) is 6.26. The Labute approximate surface area is 208 Å². The molecule has 8 nitrogen and oxygen atoms in total. The maximum absolute atomic E-state index is 14.6. The lowest BCUT2D eigenvalue weighted by Gasteiger charge is -2.34. The van der Waals surface area contributed by atoms with Crippen LogP contribution in [0.1, 0.15) is 33.4 Å². The Hall–Kier alpha value is -4.00. The predicted octanol–water partition coefficient (Wildman–Crippen LogP) is 3.92. The Bertz CT molecular complexity index is 1950. The van der Waals surface area contributed by atoms with E-state index >= 15 is 0 Å². The summed E-state index contributed by atoms with van der Waals surface area (Å²) in [6.07, 6.45) is -2.90. The highest BCUT2D eigenvalue weighted by Crippen LogP contribution is 2.47. The van der Waals surface area contributed by atoms with Gasteiger partial charge in [-0.25, -0.2) is 17.6 Å². The zero-order valence-electron chi connectivity index (χ0n) is 19.1. The number of hydrogen-bond donors (Lipinski definition) is 3. The highest BCUT2D eigenvalue weighted by atomic mass is 19.2. The molecule has 2 fully saturated rings. The van der Waals surface area contributed by atoms with Crippen LogP contribution in [0.15, 0.2) is 24.3 Å². The molecule has 8 rings (SSSR count). The number of carbonyl (C=O) groups excluding carboxylic acids is 2. The quantitative estimate of drug-likeness (QED) is 0.227. The summed E-state index contributed by atoms with van der Waals surface area (Å²) in [5.74, 6) is -6.23. The summed E-state index contributed by atoms with van der Waals surface area (Å²) in [6, 6.07) is 3.67. The molecule has 0 saturated carbocycles.